The van der Waals surface area contributed by atoms with Crippen LogP contribution in [0.3, 0.4) is 0 Å². The van der Waals surface area contributed by atoms with Crippen molar-refractivity contribution in [1.82, 2.24) is 5.32 Å². The summed E-state index contributed by atoms with van der Waals surface area (Å²) < 4.78 is 0. The molecule has 1 rings (SSSR count). The zero-order valence-electron chi connectivity index (χ0n) is 4.87. The third-order valence-electron chi connectivity index (χ3n) is 1.44. The summed E-state index contributed by atoms with van der Waals surface area (Å²) in [5, 5.41) is 11.0. The first kappa shape index (κ1) is 6.74. The highest BCUT2D eigenvalue weighted by Crippen LogP contribution is 2.24. The Labute approximate surface area is 58.9 Å². The van der Waals surface area contributed by atoms with Crippen LogP contribution in [0.2, 0.25) is 0 Å². The Morgan fingerprint density at radius 1 is 1.67 bits per heavy atom. The Morgan fingerprint density at radius 3 is 2.56 bits per heavy atom. The summed E-state index contributed by atoms with van der Waals surface area (Å²) in [6.07, 6.45) is 0.811. The lowest BCUT2D eigenvalue weighted by Crippen LogP contribution is -2.44. The van der Waals surface area contributed by atoms with E-state index in [1.165, 1.54) is 0 Å². The molecule has 1 saturated carbocycles. The van der Waals surface area contributed by atoms with Gasteiger partial charge in [-0.15, -0.1) is 0 Å². The van der Waals surface area contributed by atoms with Crippen molar-refractivity contribution in [2.45, 2.75) is 24.1 Å². The van der Waals surface area contributed by atoms with E-state index in [4.69, 9.17) is 5.11 Å². The quantitative estimate of drug-likeness (QED) is 0.478. The topological polar surface area (TPSA) is 49.3 Å². The second-order valence-corrected chi connectivity index (χ2v) is 3.00. The molecule has 0 bridgehead atoms. The van der Waals surface area contributed by atoms with Crippen molar-refractivity contribution >= 4 is 18.7 Å². The Morgan fingerprint density at radius 2 is 2.22 bits per heavy atom. The zero-order chi connectivity index (χ0) is 6.85. The lowest BCUT2D eigenvalue weighted by atomic mass is 9.92. The summed E-state index contributed by atoms with van der Waals surface area (Å²) in [6.45, 7) is 0. The molecule has 1 fully saturated rings. The van der Waals surface area contributed by atoms with Crippen LogP contribution < -0.4 is 5.32 Å². The van der Waals surface area contributed by atoms with Crippen LogP contribution in [0.5, 0.6) is 0 Å². The molecule has 0 radical (unpaired) electrons. The Hall–Kier alpha value is -0.380. The highest BCUT2D eigenvalue weighted by Gasteiger charge is 2.26. The second kappa shape index (κ2) is 2.47. The zero-order valence-corrected chi connectivity index (χ0v) is 5.77. The van der Waals surface area contributed by atoms with Crippen LogP contribution >= 0.6 is 12.6 Å². The van der Waals surface area contributed by atoms with E-state index < -0.39 is 6.09 Å². The number of thiol groups is 1. The molecule has 0 spiro atoms. The van der Waals surface area contributed by atoms with E-state index in [0.717, 1.165) is 12.8 Å². The van der Waals surface area contributed by atoms with Gasteiger partial charge in [-0.2, -0.15) is 12.6 Å². The van der Waals surface area contributed by atoms with Crippen LogP contribution in [0.15, 0.2) is 0 Å². The van der Waals surface area contributed by atoms with Crippen molar-refractivity contribution in [3.8, 4) is 0 Å². The molecule has 9 heavy (non-hydrogen) atoms. The van der Waals surface area contributed by atoms with E-state index in [0.29, 0.717) is 5.25 Å². The van der Waals surface area contributed by atoms with Crippen LogP contribution in [0.25, 0.3) is 0 Å². The molecular weight excluding hydrogens is 138 g/mol. The van der Waals surface area contributed by atoms with E-state index in [1.54, 1.807) is 0 Å². The fourth-order valence-electron chi connectivity index (χ4n) is 0.880. The molecule has 1 amide bonds. The molecule has 0 aliphatic heterocycles. The maximum atomic E-state index is 9.97. The molecule has 0 aromatic heterocycles. The van der Waals surface area contributed by atoms with E-state index in [9.17, 15) is 4.79 Å². The summed E-state index contributed by atoms with van der Waals surface area (Å²) in [6, 6.07) is 0.157. The molecule has 0 aromatic carbocycles. The molecule has 52 valence electrons. The smallest absolute Gasteiger partial charge is 0.404 e. The van der Waals surface area contributed by atoms with Gasteiger partial charge in [-0.25, -0.2) is 4.79 Å². The molecule has 2 N–H and O–H groups in total. The standard InChI is InChI=1S/C5H9NO2S/c7-5(8)6-3-1-4(9)2-3/h3-4,6,9H,1-2H2,(H,7,8). The van der Waals surface area contributed by atoms with Crippen molar-refractivity contribution in [2.75, 3.05) is 0 Å². The molecule has 1 aliphatic carbocycles. The van der Waals surface area contributed by atoms with Crippen LogP contribution in [-0.4, -0.2) is 22.5 Å². The average molecular weight is 147 g/mol. The summed E-state index contributed by atoms with van der Waals surface area (Å²) in [7, 11) is 0. The second-order valence-electron chi connectivity index (χ2n) is 2.27. The van der Waals surface area contributed by atoms with Gasteiger partial charge < -0.3 is 10.4 Å². The fraction of sp³-hybridized carbons (Fsp3) is 0.800. The van der Waals surface area contributed by atoms with Crippen molar-refractivity contribution in [2.24, 2.45) is 0 Å². The number of hydrogen-bond donors (Lipinski definition) is 3. The molecule has 4 heteroatoms. The van der Waals surface area contributed by atoms with Gasteiger partial charge in [0.15, 0.2) is 0 Å². The first-order valence-electron chi connectivity index (χ1n) is 2.86. The van der Waals surface area contributed by atoms with Crippen LogP contribution in [0.1, 0.15) is 12.8 Å². The lowest BCUT2D eigenvalue weighted by Gasteiger charge is -2.31. The number of amides is 1. The monoisotopic (exact) mass is 147 g/mol. The highest BCUT2D eigenvalue weighted by atomic mass is 32.1. The molecule has 0 heterocycles. The molecule has 0 atom stereocenters. The van der Waals surface area contributed by atoms with Crippen molar-refractivity contribution in [3.63, 3.8) is 0 Å². The molecule has 3 nitrogen and oxygen atoms in total. The van der Waals surface area contributed by atoms with E-state index >= 15 is 0 Å². The molecule has 0 aromatic rings. The highest BCUT2D eigenvalue weighted by molar-refractivity contribution is 7.81. The SMILES string of the molecule is O=C(O)NC1CC(S)C1. The van der Waals surface area contributed by atoms with E-state index in [-0.39, 0.29) is 6.04 Å². The van der Waals surface area contributed by atoms with Gasteiger partial charge in [-0.3, -0.25) is 0 Å². The minimum atomic E-state index is -0.930. The first-order chi connectivity index (χ1) is 4.18. The van der Waals surface area contributed by atoms with Gasteiger partial charge in [0, 0.05) is 11.3 Å². The summed E-state index contributed by atoms with van der Waals surface area (Å²) in [5.41, 5.74) is 0. The Bertz CT molecular complexity index is 122. The maximum Gasteiger partial charge on any atom is 0.404 e. The third kappa shape index (κ3) is 1.78. The van der Waals surface area contributed by atoms with E-state index in [1.807, 2.05) is 0 Å². The minimum Gasteiger partial charge on any atom is -0.465 e. The van der Waals surface area contributed by atoms with Gasteiger partial charge in [-0.05, 0) is 12.8 Å². The number of nitrogens with one attached hydrogen (secondary N) is 1. The van der Waals surface area contributed by atoms with Crippen LogP contribution in [-0.2, 0) is 0 Å². The van der Waals surface area contributed by atoms with Crippen molar-refractivity contribution in [1.29, 1.82) is 0 Å². The summed E-state index contributed by atoms with van der Waals surface area (Å²) >= 11 is 4.13. The van der Waals surface area contributed by atoms with Gasteiger partial charge in [0.25, 0.3) is 0 Å². The predicted octanol–water partition coefficient (Wildman–Crippen LogP) is 0.715. The van der Waals surface area contributed by atoms with Crippen molar-refractivity contribution < 1.29 is 9.90 Å². The average Bonchev–Trinajstić information content (AvgIpc) is 1.60. The largest absolute Gasteiger partial charge is 0.465 e. The van der Waals surface area contributed by atoms with Gasteiger partial charge >= 0.3 is 6.09 Å². The number of carboxylic acid groups (broad SMARTS) is 1. The Kier molecular flexibility index (Phi) is 1.85. The number of hydrogen-bond acceptors (Lipinski definition) is 2. The van der Waals surface area contributed by atoms with Gasteiger partial charge in [0.05, 0.1) is 0 Å². The summed E-state index contributed by atoms with van der Waals surface area (Å²) in [5.74, 6) is 0. The van der Waals surface area contributed by atoms with Crippen LogP contribution in [0.4, 0.5) is 4.79 Å². The molecular formula is C5H9NO2S. The summed E-state index contributed by atoms with van der Waals surface area (Å²) in [4.78, 5) is 9.97. The number of rotatable bonds is 1. The van der Waals surface area contributed by atoms with Gasteiger partial charge in [0.1, 0.15) is 0 Å². The third-order valence-corrected chi connectivity index (χ3v) is 1.86. The maximum absolute atomic E-state index is 9.97. The first-order valence-corrected chi connectivity index (χ1v) is 3.37. The molecule has 1 aliphatic rings. The predicted molar refractivity (Wildman–Crippen MR) is 37.0 cm³/mol. The Balaban J connectivity index is 2.11. The molecule has 0 saturated heterocycles. The minimum absolute atomic E-state index is 0.157. The van der Waals surface area contributed by atoms with Gasteiger partial charge in [-0.1, -0.05) is 0 Å². The van der Waals surface area contributed by atoms with Crippen molar-refractivity contribution in [3.05, 3.63) is 0 Å². The number of carbonyl (C=O) groups is 1. The normalized spacial score (nSPS) is 33.0. The fourth-order valence-corrected chi connectivity index (χ4v) is 1.39. The lowest BCUT2D eigenvalue weighted by molar-refractivity contribution is 0.183. The van der Waals surface area contributed by atoms with Gasteiger partial charge in [0.2, 0.25) is 0 Å². The van der Waals surface area contributed by atoms with Crippen LogP contribution in [0, 0.1) is 0 Å². The van der Waals surface area contributed by atoms with E-state index in [2.05, 4.69) is 17.9 Å². The molecule has 0 unspecified atom stereocenters.